The Morgan fingerprint density at radius 1 is 1.37 bits per heavy atom. The van der Waals surface area contributed by atoms with Crippen LogP contribution in [0.4, 0.5) is 4.79 Å². The Morgan fingerprint density at radius 3 is 2.47 bits per heavy atom. The number of esters is 1. The molecule has 1 amide bonds. The summed E-state index contributed by atoms with van der Waals surface area (Å²) < 4.78 is 10.0. The number of methoxy groups -OCH3 is 1. The van der Waals surface area contributed by atoms with Crippen molar-refractivity contribution in [1.82, 2.24) is 4.90 Å². The number of hydrogen-bond donors (Lipinski definition) is 1. The van der Waals surface area contributed by atoms with Gasteiger partial charge in [-0.1, -0.05) is 0 Å². The number of amides is 1. The molecule has 0 aliphatic carbocycles. The lowest BCUT2D eigenvalue weighted by atomic mass is 9.90. The third-order valence-electron chi connectivity index (χ3n) is 3.10. The lowest BCUT2D eigenvalue weighted by Crippen LogP contribution is -2.53. The Morgan fingerprint density at radius 2 is 2.00 bits per heavy atom. The molecular formula is C13H23NO5. The summed E-state index contributed by atoms with van der Waals surface area (Å²) in [4.78, 5) is 25.2. The van der Waals surface area contributed by atoms with Crippen molar-refractivity contribution in [2.75, 3.05) is 20.3 Å². The molecule has 1 N–H and O–H groups in total. The number of ether oxygens (including phenoxy) is 2. The van der Waals surface area contributed by atoms with Crippen molar-refractivity contribution in [3.8, 4) is 0 Å². The van der Waals surface area contributed by atoms with Gasteiger partial charge in [0, 0.05) is 6.54 Å². The van der Waals surface area contributed by atoms with Crippen molar-refractivity contribution in [3.63, 3.8) is 0 Å². The van der Waals surface area contributed by atoms with Crippen LogP contribution in [0.25, 0.3) is 0 Å². The van der Waals surface area contributed by atoms with Crippen LogP contribution in [0.5, 0.6) is 0 Å². The first-order valence-electron chi connectivity index (χ1n) is 6.48. The van der Waals surface area contributed by atoms with Crippen molar-refractivity contribution in [2.45, 2.75) is 45.3 Å². The zero-order valence-electron chi connectivity index (χ0n) is 12.0. The highest BCUT2D eigenvalue weighted by Gasteiger charge is 2.40. The molecule has 0 saturated carbocycles. The van der Waals surface area contributed by atoms with Gasteiger partial charge in [0.15, 0.2) is 0 Å². The van der Waals surface area contributed by atoms with E-state index >= 15 is 0 Å². The quantitative estimate of drug-likeness (QED) is 0.764. The van der Waals surface area contributed by atoms with Crippen LogP contribution in [0.1, 0.15) is 33.6 Å². The van der Waals surface area contributed by atoms with E-state index in [1.165, 1.54) is 12.0 Å². The Hall–Kier alpha value is -1.30. The second kappa shape index (κ2) is 6.23. The fourth-order valence-electron chi connectivity index (χ4n) is 2.26. The van der Waals surface area contributed by atoms with E-state index in [9.17, 15) is 14.7 Å². The maximum absolute atomic E-state index is 12.1. The largest absolute Gasteiger partial charge is 0.469 e. The minimum absolute atomic E-state index is 0.279. The molecule has 0 unspecified atom stereocenters. The monoisotopic (exact) mass is 273 g/mol. The third-order valence-corrected chi connectivity index (χ3v) is 3.10. The van der Waals surface area contributed by atoms with Gasteiger partial charge in [0.2, 0.25) is 0 Å². The van der Waals surface area contributed by atoms with E-state index < -0.39 is 29.6 Å². The zero-order valence-corrected chi connectivity index (χ0v) is 12.0. The minimum Gasteiger partial charge on any atom is -0.469 e. The smallest absolute Gasteiger partial charge is 0.410 e. The molecule has 0 spiro atoms. The maximum Gasteiger partial charge on any atom is 0.410 e. The molecule has 1 aliphatic heterocycles. The number of nitrogens with zero attached hydrogens (tertiary/aromatic N) is 1. The number of aliphatic hydroxyl groups is 1. The predicted molar refractivity (Wildman–Crippen MR) is 68.6 cm³/mol. The fourth-order valence-corrected chi connectivity index (χ4v) is 2.26. The highest BCUT2D eigenvalue weighted by molar-refractivity contribution is 5.75. The summed E-state index contributed by atoms with van der Waals surface area (Å²) in [5.41, 5.74) is -0.602. The molecule has 6 heteroatoms. The SMILES string of the molecule is COC(=O)[C@H]1CCCN(C(=O)OC(C)(C)C)[C@H]1CO. The Bertz CT molecular complexity index is 336. The molecule has 1 heterocycles. The molecule has 0 radical (unpaired) electrons. The molecule has 19 heavy (non-hydrogen) atoms. The number of rotatable bonds is 2. The molecule has 2 atom stereocenters. The normalized spacial score (nSPS) is 23.9. The van der Waals surface area contributed by atoms with Crippen molar-refractivity contribution >= 4 is 12.1 Å². The molecule has 0 bridgehead atoms. The van der Waals surface area contributed by atoms with Gasteiger partial charge in [-0.05, 0) is 33.6 Å². The van der Waals surface area contributed by atoms with Crippen molar-refractivity contribution in [2.24, 2.45) is 5.92 Å². The minimum atomic E-state index is -0.602. The Labute approximate surface area is 113 Å². The Kier molecular flexibility index (Phi) is 5.17. The molecular weight excluding hydrogens is 250 g/mol. The van der Waals surface area contributed by atoms with Crippen LogP contribution >= 0.6 is 0 Å². The lowest BCUT2D eigenvalue weighted by Gasteiger charge is -2.39. The van der Waals surface area contributed by atoms with Gasteiger partial charge in [-0.15, -0.1) is 0 Å². The fraction of sp³-hybridized carbons (Fsp3) is 0.846. The average Bonchev–Trinajstić information content (AvgIpc) is 2.34. The molecule has 1 aliphatic rings. The summed E-state index contributed by atoms with van der Waals surface area (Å²) in [6.07, 6.45) is 0.798. The average molecular weight is 273 g/mol. The van der Waals surface area contributed by atoms with Crippen molar-refractivity contribution in [3.05, 3.63) is 0 Å². The van der Waals surface area contributed by atoms with Crippen LogP contribution < -0.4 is 0 Å². The summed E-state index contributed by atoms with van der Waals surface area (Å²) in [7, 11) is 1.31. The van der Waals surface area contributed by atoms with Crippen molar-refractivity contribution < 1.29 is 24.2 Å². The van der Waals surface area contributed by atoms with Crippen LogP contribution in [0.15, 0.2) is 0 Å². The summed E-state index contributed by atoms with van der Waals surface area (Å²) in [6, 6.07) is -0.573. The van der Waals surface area contributed by atoms with Crippen LogP contribution in [0.3, 0.4) is 0 Å². The van der Waals surface area contributed by atoms with Crippen molar-refractivity contribution in [1.29, 1.82) is 0 Å². The van der Waals surface area contributed by atoms with E-state index in [1.54, 1.807) is 20.8 Å². The summed E-state index contributed by atoms with van der Waals surface area (Å²) in [6.45, 7) is 5.54. The van der Waals surface area contributed by atoms with Crippen LogP contribution in [0.2, 0.25) is 0 Å². The van der Waals surface area contributed by atoms with Gasteiger partial charge in [0.1, 0.15) is 5.60 Å². The van der Waals surface area contributed by atoms with Crippen LogP contribution in [0, 0.1) is 5.92 Å². The first-order valence-corrected chi connectivity index (χ1v) is 6.48. The number of carbonyl (C=O) groups excluding carboxylic acids is 2. The zero-order chi connectivity index (χ0) is 14.6. The molecule has 110 valence electrons. The van der Waals surface area contributed by atoms with Gasteiger partial charge in [-0.2, -0.15) is 0 Å². The number of piperidine rings is 1. The predicted octanol–water partition coefficient (Wildman–Crippen LogP) is 1.17. The van der Waals surface area contributed by atoms with E-state index in [4.69, 9.17) is 9.47 Å². The van der Waals surface area contributed by atoms with Crippen LogP contribution in [-0.2, 0) is 14.3 Å². The highest BCUT2D eigenvalue weighted by Crippen LogP contribution is 2.26. The number of aliphatic hydroxyl groups excluding tert-OH is 1. The first kappa shape index (κ1) is 15.8. The summed E-state index contributed by atoms with van der Waals surface area (Å²) >= 11 is 0. The second-order valence-electron chi connectivity index (χ2n) is 5.70. The third kappa shape index (κ3) is 4.09. The lowest BCUT2D eigenvalue weighted by molar-refractivity contribution is -0.150. The van der Waals surface area contributed by atoms with Gasteiger partial charge in [-0.3, -0.25) is 4.79 Å². The molecule has 0 aromatic heterocycles. The number of likely N-dealkylation sites (tertiary alicyclic amines) is 1. The van der Waals surface area contributed by atoms with Gasteiger partial charge in [-0.25, -0.2) is 4.79 Å². The van der Waals surface area contributed by atoms with E-state index in [-0.39, 0.29) is 6.61 Å². The van der Waals surface area contributed by atoms with Gasteiger partial charge < -0.3 is 19.5 Å². The van der Waals surface area contributed by atoms with E-state index in [2.05, 4.69) is 0 Å². The molecule has 1 saturated heterocycles. The number of carbonyl (C=O) groups is 2. The summed E-state index contributed by atoms with van der Waals surface area (Å²) in [5.74, 6) is -0.886. The van der Waals surface area contributed by atoms with Crippen LogP contribution in [-0.4, -0.2) is 54.0 Å². The number of hydrogen-bond acceptors (Lipinski definition) is 5. The maximum atomic E-state index is 12.1. The van der Waals surface area contributed by atoms with E-state index in [0.29, 0.717) is 19.4 Å². The molecule has 6 nitrogen and oxygen atoms in total. The van der Waals surface area contributed by atoms with Gasteiger partial charge in [0.05, 0.1) is 25.7 Å². The van der Waals surface area contributed by atoms with E-state index in [0.717, 1.165) is 0 Å². The topological polar surface area (TPSA) is 76.1 Å². The van der Waals surface area contributed by atoms with E-state index in [1.807, 2.05) is 0 Å². The molecule has 1 rings (SSSR count). The summed E-state index contributed by atoms with van der Waals surface area (Å²) in [5, 5.41) is 9.47. The highest BCUT2D eigenvalue weighted by atomic mass is 16.6. The molecule has 1 fully saturated rings. The van der Waals surface area contributed by atoms with Gasteiger partial charge in [0.25, 0.3) is 0 Å². The second-order valence-corrected chi connectivity index (χ2v) is 5.70. The molecule has 0 aromatic carbocycles. The first-order chi connectivity index (χ1) is 8.80. The standard InChI is InChI=1S/C13H23NO5/c1-13(2,3)19-12(17)14-7-5-6-9(10(14)8-15)11(16)18-4/h9-10,15H,5-8H2,1-4H3/t9-,10-/m0/s1. The molecule has 0 aromatic rings. The Balaban J connectivity index is 2.81. The van der Waals surface area contributed by atoms with Gasteiger partial charge >= 0.3 is 12.1 Å².